The molecule has 0 radical (unpaired) electrons. The molecule has 0 aliphatic heterocycles. The molecule has 0 aliphatic rings. The maximum Gasteiger partial charge on any atom is 0.237 e. The zero-order chi connectivity index (χ0) is 13.3. The fraction of sp³-hybridized carbons (Fsp3) is 0.846. The molecule has 1 atom stereocenters. The van der Waals surface area contributed by atoms with Gasteiger partial charge < -0.3 is 10.6 Å². The Kier molecular flexibility index (Phi) is 8.68. The van der Waals surface area contributed by atoms with Gasteiger partial charge in [0.15, 0.2) is 5.78 Å². The number of nitrogens with one attached hydrogen (secondary N) is 2. The maximum absolute atomic E-state index is 11.8. The van der Waals surface area contributed by atoms with Crippen LogP contribution in [0.4, 0.5) is 0 Å². The molecule has 1 unspecified atom stereocenters. The zero-order valence-corrected chi connectivity index (χ0v) is 11.5. The van der Waals surface area contributed by atoms with Gasteiger partial charge in [-0.05, 0) is 18.9 Å². The van der Waals surface area contributed by atoms with Crippen LogP contribution in [0.15, 0.2) is 0 Å². The van der Waals surface area contributed by atoms with Gasteiger partial charge in [0, 0.05) is 6.42 Å². The average Bonchev–Trinajstić information content (AvgIpc) is 2.29. The van der Waals surface area contributed by atoms with Crippen molar-refractivity contribution in [2.45, 2.75) is 53.0 Å². The molecule has 100 valence electrons. The van der Waals surface area contributed by atoms with Crippen LogP contribution >= 0.6 is 0 Å². The highest BCUT2D eigenvalue weighted by atomic mass is 16.2. The molecule has 0 fully saturated rings. The predicted octanol–water partition coefficient (Wildman–Crippen LogP) is 1.50. The second kappa shape index (κ2) is 9.16. The van der Waals surface area contributed by atoms with Crippen LogP contribution in [0.25, 0.3) is 0 Å². The summed E-state index contributed by atoms with van der Waals surface area (Å²) >= 11 is 0. The lowest BCUT2D eigenvalue weighted by molar-refractivity contribution is -0.127. The topological polar surface area (TPSA) is 58.2 Å². The maximum atomic E-state index is 11.8. The third-order valence-electron chi connectivity index (χ3n) is 2.64. The van der Waals surface area contributed by atoms with Crippen LogP contribution in [0.3, 0.4) is 0 Å². The van der Waals surface area contributed by atoms with Crippen molar-refractivity contribution >= 4 is 11.7 Å². The number of likely N-dealkylation sites (N-methyl/N-ethyl adjacent to an activating group) is 1. The highest BCUT2D eigenvalue weighted by Crippen LogP contribution is 2.01. The predicted molar refractivity (Wildman–Crippen MR) is 69.8 cm³/mol. The fourth-order valence-corrected chi connectivity index (χ4v) is 1.61. The molecule has 0 spiro atoms. The minimum absolute atomic E-state index is 0.0771. The van der Waals surface area contributed by atoms with Crippen molar-refractivity contribution in [2.24, 2.45) is 5.92 Å². The molecule has 4 heteroatoms. The second-order valence-electron chi connectivity index (χ2n) is 4.64. The summed E-state index contributed by atoms with van der Waals surface area (Å²) in [5.41, 5.74) is 0. The van der Waals surface area contributed by atoms with Crippen molar-refractivity contribution in [3.63, 3.8) is 0 Å². The summed E-state index contributed by atoms with van der Waals surface area (Å²) in [6, 6.07) is -0.209. The summed E-state index contributed by atoms with van der Waals surface area (Å²) in [5, 5.41) is 5.83. The van der Waals surface area contributed by atoms with E-state index < -0.39 is 0 Å². The fourth-order valence-electron chi connectivity index (χ4n) is 1.61. The Morgan fingerprint density at radius 1 is 1.18 bits per heavy atom. The molecule has 0 aromatic rings. The van der Waals surface area contributed by atoms with Gasteiger partial charge in [0.25, 0.3) is 0 Å². The van der Waals surface area contributed by atoms with Crippen LogP contribution in [0.1, 0.15) is 47.0 Å². The van der Waals surface area contributed by atoms with Crippen molar-refractivity contribution in [2.75, 3.05) is 13.1 Å². The van der Waals surface area contributed by atoms with Gasteiger partial charge in [-0.2, -0.15) is 0 Å². The minimum atomic E-state index is -0.209. The summed E-state index contributed by atoms with van der Waals surface area (Å²) in [6.07, 6.45) is 2.46. The second-order valence-corrected chi connectivity index (χ2v) is 4.64. The van der Waals surface area contributed by atoms with Crippen molar-refractivity contribution < 1.29 is 9.59 Å². The lowest BCUT2D eigenvalue weighted by Gasteiger charge is -2.20. The van der Waals surface area contributed by atoms with E-state index in [-0.39, 0.29) is 30.2 Å². The summed E-state index contributed by atoms with van der Waals surface area (Å²) in [7, 11) is 0. The molecule has 4 nitrogen and oxygen atoms in total. The first-order chi connectivity index (χ1) is 8.02. The summed E-state index contributed by atoms with van der Waals surface area (Å²) in [5.74, 6) is 0.256. The van der Waals surface area contributed by atoms with E-state index in [1.165, 1.54) is 0 Å². The summed E-state index contributed by atoms with van der Waals surface area (Å²) in [6.45, 7) is 8.91. The molecular weight excluding hydrogens is 216 g/mol. The number of rotatable bonds is 9. The molecule has 0 saturated heterocycles. The number of carbonyl (C=O) groups excluding carboxylic acids is 2. The number of hydrogen-bond donors (Lipinski definition) is 2. The van der Waals surface area contributed by atoms with E-state index in [9.17, 15) is 9.59 Å². The number of hydrogen-bond acceptors (Lipinski definition) is 3. The highest BCUT2D eigenvalue weighted by Gasteiger charge is 2.20. The van der Waals surface area contributed by atoms with Crippen LogP contribution in [0, 0.1) is 5.92 Å². The third-order valence-corrected chi connectivity index (χ3v) is 2.64. The van der Waals surface area contributed by atoms with E-state index in [1.807, 2.05) is 27.7 Å². The van der Waals surface area contributed by atoms with Crippen LogP contribution in [0.2, 0.25) is 0 Å². The van der Waals surface area contributed by atoms with Gasteiger partial charge in [0.1, 0.15) is 0 Å². The largest absolute Gasteiger partial charge is 0.348 e. The first-order valence-corrected chi connectivity index (χ1v) is 6.55. The molecule has 0 heterocycles. The monoisotopic (exact) mass is 242 g/mol. The van der Waals surface area contributed by atoms with Crippen LogP contribution < -0.4 is 10.6 Å². The normalized spacial score (nSPS) is 12.5. The molecule has 1 amide bonds. The van der Waals surface area contributed by atoms with Crippen molar-refractivity contribution in [1.29, 1.82) is 0 Å². The van der Waals surface area contributed by atoms with E-state index in [2.05, 4.69) is 10.6 Å². The first kappa shape index (κ1) is 16.1. The van der Waals surface area contributed by atoms with E-state index >= 15 is 0 Å². The smallest absolute Gasteiger partial charge is 0.237 e. The quantitative estimate of drug-likeness (QED) is 0.644. The Labute approximate surface area is 105 Å². The molecule has 17 heavy (non-hydrogen) atoms. The average molecular weight is 242 g/mol. The number of unbranched alkanes of at least 4 members (excludes halogenated alkanes) is 1. The lowest BCUT2D eigenvalue weighted by Crippen LogP contribution is -2.48. The van der Waals surface area contributed by atoms with Crippen LogP contribution in [0.5, 0.6) is 0 Å². The van der Waals surface area contributed by atoms with Gasteiger partial charge >= 0.3 is 0 Å². The van der Waals surface area contributed by atoms with Crippen LogP contribution in [-0.2, 0) is 9.59 Å². The molecule has 0 saturated carbocycles. The van der Waals surface area contributed by atoms with Crippen LogP contribution in [-0.4, -0.2) is 30.8 Å². The number of Topliss-reactive ketones (excluding diaryl/α,β-unsaturated/α-hetero) is 1. The standard InChI is InChI=1S/C13H26N2O2/c1-5-7-8-11(16)9-15-13(17)12(10(3)4)14-6-2/h10,12,14H,5-9H2,1-4H3,(H,15,17). The van der Waals surface area contributed by atoms with Gasteiger partial charge in [0.2, 0.25) is 5.91 Å². The molecule has 0 rings (SSSR count). The molecular formula is C13H26N2O2. The van der Waals surface area contributed by atoms with Crippen molar-refractivity contribution in [3.8, 4) is 0 Å². The summed E-state index contributed by atoms with van der Waals surface area (Å²) < 4.78 is 0. The number of carbonyl (C=O) groups is 2. The van der Waals surface area contributed by atoms with E-state index in [1.54, 1.807) is 0 Å². The van der Waals surface area contributed by atoms with Gasteiger partial charge in [-0.25, -0.2) is 0 Å². The number of ketones is 1. The Morgan fingerprint density at radius 2 is 1.82 bits per heavy atom. The molecule has 0 aliphatic carbocycles. The lowest BCUT2D eigenvalue weighted by atomic mass is 10.0. The summed E-state index contributed by atoms with van der Waals surface area (Å²) in [4.78, 5) is 23.2. The van der Waals surface area contributed by atoms with Gasteiger partial charge in [-0.3, -0.25) is 9.59 Å². The Balaban J connectivity index is 4.01. The van der Waals surface area contributed by atoms with Gasteiger partial charge in [0.05, 0.1) is 12.6 Å². The first-order valence-electron chi connectivity index (χ1n) is 6.55. The molecule has 0 bridgehead atoms. The van der Waals surface area contributed by atoms with Crippen molar-refractivity contribution in [3.05, 3.63) is 0 Å². The molecule has 2 N–H and O–H groups in total. The minimum Gasteiger partial charge on any atom is -0.348 e. The number of amides is 1. The zero-order valence-electron chi connectivity index (χ0n) is 11.5. The Bertz CT molecular complexity index is 240. The Morgan fingerprint density at radius 3 is 2.29 bits per heavy atom. The van der Waals surface area contributed by atoms with E-state index in [0.717, 1.165) is 19.4 Å². The highest BCUT2D eigenvalue weighted by molar-refractivity contribution is 5.88. The van der Waals surface area contributed by atoms with E-state index in [4.69, 9.17) is 0 Å². The molecule has 0 aromatic carbocycles. The molecule has 0 aromatic heterocycles. The van der Waals surface area contributed by atoms with Gasteiger partial charge in [-0.15, -0.1) is 0 Å². The van der Waals surface area contributed by atoms with E-state index in [0.29, 0.717) is 6.42 Å². The third kappa shape index (κ3) is 7.10. The SMILES string of the molecule is CCCCC(=O)CNC(=O)C(NCC)C(C)C. The van der Waals surface area contributed by atoms with Gasteiger partial charge in [-0.1, -0.05) is 34.1 Å². The van der Waals surface area contributed by atoms with Crippen molar-refractivity contribution in [1.82, 2.24) is 10.6 Å². The Hall–Kier alpha value is -0.900.